The fourth-order valence-corrected chi connectivity index (χ4v) is 4.70. The van der Waals surface area contributed by atoms with Crippen LogP contribution in [0.15, 0.2) is 27.9 Å². The highest BCUT2D eigenvalue weighted by atomic mass is 32.2. The van der Waals surface area contributed by atoms with E-state index in [9.17, 15) is 13.2 Å². The SMILES string of the molecule is [2H]C([2H])([2H])N1CCCC1C([2H])([2H])C([2H])([2H])NS(=O)(=O)c1ccc(OCCC)c(-c2nc3c(C([2H])([2H])C([2H])([2H])C)nn(C)c3c(=O)[nH]2)c1. The summed E-state index contributed by atoms with van der Waals surface area (Å²) in [6.07, 6.45) is -7.36. The molecule has 1 aliphatic heterocycles. The topological polar surface area (TPSA) is 122 Å². The molecule has 1 fully saturated rings. The van der Waals surface area contributed by atoms with Crippen molar-refractivity contribution < 1.29 is 28.2 Å². The number of fused-ring (bicyclic) bond motifs is 1. The molecule has 1 unspecified atom stereocenters. The summed E-state index contributed by atoms with van der Waals surface area (Å²) in [4.78, 5) is 20.4. The molecule has 0 spiro atoms. The number of rotatable bonds is 11. The monoisotopic (exact) mass is 527 g/mol. The highest BCUT2D eigenvalue weighted by Gasteiger charge is 2.23. The van der Waals surface area contributed by atoms with Crippen LogP contribution in [-0.4, -0.2) is 65.7 Å². The van der Waals surface area contributed by atoms with Crippen LogP contribution in [0.1, 0.15) is 66.6 Å². The van der Waals surface area contributed by atoms with E-state index in [4.69, 9.17) is 19.8 Å². The molecule has 11 heteroatoms. The standard InChI is InChI=1S/C25H36N6O4S/c1-5-8-20-22-23(31(4)29-20)25(32)28-24(27-22)19-16-18(10-11-21(19)35-15-6-2)36(33,34)26-13-12-17-9-7-14-30(17)3/h10-11,16-17,26H,5-9,12-15H2,1-4H3,(H,27,28,32)/i3D3,5D2,8D2,12D2,13D2. The molecule has 0 saturated carbocycles. The molecule has 0 radical (unpaired) electrons. The van der Waals surface area contributed by atoms with Crippen molar-refractivity contribution in [1.82, 2.24) is 29.4 Å². The molecule has 1 saturated heterocycles. The van der Waals surface area contributed by atoms with E-state index in [2.05, 4.69) is 15.1 Å². The summed E-state index contributed by atoms with van der Waals surface area (Å²) in [6.45, 7) is -3.07. The van der Waals surface area contributed by atoms with Gasteiger partial charge in [-0.1, -0.05) is 20.2 Å². The van der Waals surface area contributed by atoms with Crippen molar-refractivity contribution >= 4 is 21.1 Å². The van der Waals surface area contributed by atoms with Gasteiger partial charge in [-0.3, -0.25) is 9.48 Å². The number of likely N-dealkylation sites (tertiary alicyclic amines) is 1. The number of H-pyrrole nitrogens is 1. The summed E-state index contributed by atoms with van der Waals surface area (Å²) in [6, 6.07) is 1.86. The molecule has 0 amide bonds. The molecule has 36 heavy (non-hydrogen) atoms. The van der Waals surface area contributed by atoms with Crippen LogP contribution in [-0.2, 0) is 23.4 Å². The molecule has 1 aromatic carbocycles. The smallest absolute Gasteiger partial charge is 0.277 e. The van der Waals surface area contributed by atoms with Crippen LogP contribution >= 0.6 is 0 Å². The number of sulfonamides is 1. The third-order valence-corrected chi connectivity index (χ3v) is 6.84. The number of nitrogens with one attached hydrogen (secondary N) is 2. The van der Waals surface area contributed by atoms with Crippen molar-refractivity contribution in [3.63, 3.8) is 0 Å². The summed E-state index contributed by atoms with van der Waals surface area (Å²) in [5.74, 6) is -0.241. The van der Waals surface area contributed by atoms with Crippen LogP contribution in [0.5, 0.6) is 5.75 Å². The predicted octanol–water partition coefficient (Wildman–Crippen LogP) is 2.83. The molecular weight excluding hydrogens is 480 g/mol. The van der Waals surface area contributed by atoms with E-state index in [1.807, 2.05) is 6.92 Å². The second-order valence-corrected chi connectivity index (χ2v) is 9.87. The van der Waals surface area contributed by atoms with Gasteiger partial charge in [0.05, 0.1) is 22.8 Å². The summed E-state index contributed by atoms with van der Waals surface area (Å²) in [5.41, 5.74) is -1.83. The van der Waals surface area contributed by atoms with Crippen LogP contribution in [0.2, 0.25) is 0 Å². The van der Waals surface area contributed by atoms with Crippen LogP contribution in [0, 0.1) is 0 Å². The zero-order valence-electron chi connectivity index (χ0n) is 31.2. The van der Waals surface area contributed by atoms with Crippen LogP contribution in [0.25, 0.3) is 22.4 Å². The first kappa shape index (κ1) is 15.5. The first-order valence-electron chi connectivity index (χ1n) is 16.9. The van der Waals surface area contributed by atoms with Gasteiger partial charge in [0, 0.05) is 34.7 Å². The third-order valence-electron chi connectivity index (χ3n) is 5.59. The summed E-state index contributed by atoms with van der Waals surface area (Å²) < 4.78 is 126. The van der Waals surface area contributed by atoms with Gasteiger partial charge in [0.1, 0.15) is 17.1 Å². The Morgan fingerprint density at radius 2 is 2.19 bits per heavy atom. The van der Waals surface area contributed by atoms with Crippen molar-refractivity contribution in [2.45, 2.75) is 63.2 Å². The Kier molecular flexibility index (Phi) is 4.77. The van der Waals surface area contributed by atoms with E-state index < -0.39 is 64.8 Å². The predicted molar refractivity (Wildman–Crippen MR) is 140 cm³/mol. The minimum Gasteiger partial charge on any atom is -0.493 e. The van der Waals surface area contributed by atoms with E-state index in [0.29, 0.717) is 6.42 Å². The van der Waals surface area contributed by atoms with E-state index >= 15 is 0 Å². The molecule has 3 aromatic rings. The maximum atomic E-state index is 13.6. The Balaban J connectivity index is 1.84. The first-order chi connectivity index (χ1) is 21.4. The zero-order chi connectivity index (χ0) is 35.5. The summed E-state index contributed by atoms with van der Waals surface area (Å²) in [7, 11) is -3.52. The van der Waals surface area contributed by atoms with Crippen LogP contribution in [0.4, 0.5) is 0 Å². The molecule has 1 aliphatic rings. The second-order valence-electron chi connectivity index (χ2n) is 8.19. The molecule has 0 aliphatic carbocycles. The Labute approximate surface area is 227 Å². The van der Waals surface area contributed by atoms with Gasteiger partial charge in [0.15, 0.2) is 5.52 Å². The molecule has 4 rings (SSSR count). The largest absolute Gasteiger partial charge is 0.493 e. The molecule has 1 atom stereocenters. The minimum atomic E-state index is -4.88. The number of ether oxygens (including phenoxy) is 1. The number of hydrogen-bond acceptors (Lipinski definition) is 7. The Morgan fingerprint density at radius 1 is 1.36 bits per heavy atom. The molecule has 0 bridgehead atoms. The van der Waals surface area contributed by atoms with Crippen molar-refractivity contribution in [3.8, 4) is 17.1 Å². The quantitative estimate of drug-likeness (QED) is 0.393. The molecule has 2 N–H and O–H groups in total. The number of benzene rings is 1. The van der Waals surface area contributed by atoms with Crippen molar-refractivity contribution in [2.75, 3.05) is 26.6 Å². The molecular formula is C25H36N6O4S. The van der Waals surface area contributed by atoms with Crippen molar-refractivity contribution in [1.29, 1.82) is 0 Å². The van der Waals surface area contributed by atoms with E-state index in [-0.39, 0.29) is 54.2 Å². The first-order valence-corrected chi connectivity index (χ1v) is 12.9. The lowest BCUT2D eigenvalue weighted by Gasteiger charge is -2.19. The summed E-state index contributed by atoms with van der Waals surface area (Å²) >= 11 is 0. The highest BCUT2D eigenvalue weighted by Crippen LogP contribution is 2.31. The van der Waals surface area contributed by atoms with Gasteiger partial charge in [0.25, 0.3) is 5.56 Å². The van der Waals surface area contributed by atoms with Crippen LogP contribution in [0.3, 0.4) is 0 Å². The number of aromatic nitrogens is 4. The fourth-order valence-electron chi connectivity index (χ4n) is 3.86. The van der Waals surface area contributed by atoms with E-state index in [1.165, 1.54) is 13.1 Å². The second kappa shape index (κ2) is 11.1. The van der Waals surface area contributed by atoms with Crippen molar-refractivity contribution in [2.24, 2.45) is 7.05 Å². The minimum absolute atomic E-state index is 0.0183. The van der Waals surface area contributed by atoms with E-state index in [1.54, 1.807) is 4.72 Å². The van der Waals surface area contributed by atoms with Gasteiger partial charge >= 0.3 is 0 Å². The number of aryl methyl sites for hydroxylation is 2. The van der Waals surface area contributed by atoms with Crippen LogP contribution < -0.4 is 15.0 Å². The maximum Gasteiger partial charge on any atom is 0.277 e. The normalized spacial score (nSPS) is 23.2. The third kappa shape index (κ3) is 5.47. The fraction of sp³-hybridized carbons (Fsp3) is 0.560. The maximum absolute atomic E-state index is 13.6. The lowest BCUT2D eigenvalue weighted by Crippen LogP contribution is -2.31. The van der Waals surface area contributed by atoms with Gasteiger partial charge in [-0.05, 0) is 63.7 Å². The average Bonchev–Trinajstić information content (AvgIpc) is 3.57. The van der Waals surface area contributed by atoms with Gasteiger partial charge in [0.2, 0.25) is 10.0 Å². The molecule has 2 aromatic heterocycles. The Bertz CT molecular complexity index is 1820. The zero-order valence-corrected chi connectivity index (χ0v) is 21.0. The highest BCUT2D eigenvalue weighted by molar-refractivity contribution is 7.89. The number of nitrogens with zero attached hydrogens (tertiary/aromatic N) is 4. The lowest BCUT2D eigenvalue weighted by atomic mass is 10.1. The average molecular weight is 528 g/mol. The van der Waals surface area contributed by atoms with Crippen molar-refractivity contribution in [3.05, 3.63) is 34.2 Å². The molecule has 196 valence electrons. The number of aromatic amines is 1. The molecule has 3 heterocycles. The van der Waals surface area contributed by atoms with E-state index in [0.717, 1.165) is 28.6 Å². The van der Waals surface area contributed by atoms with Gasteiger partial charge in [-0.15, -0.1) is 0 Å². The van der Waals surface area contributed by atoms with Gasteiger partial charge in [-0.25, -0.2) is 18.1 Å². The number of hydrogen-bond donors (Lipinski definition) is 2. The van der Waals surface area contributed by atoms with Gasteiger partial charge in [-0.2, -0.15) is 5.10 Å². The lowest BCUT2D eigenvalue weighted by molar-refractivity contribution is 0.297. The molecule has 10 nitrogen and oxygen atoms in total. The Morgan fingerprint density at radius 3 is 2.94 bits per heavy atom. The van der Waals surface area contributed by atoms with Gasteiger partial charge < -0.3 is 14.6 Å². The Hall–Kier alpha value is -2.76. The summed E-state index contributed by atoms with van der Waals surface area (Å²) in [5, 5.41) is 4.03.